The molecule has 6 nitrogen and oxygen atoms in total. The molecule has 0 unspecified atom stereocenters. The van der Waals surface area contributed by atoms with Gasteiger partial charge in [-0.05, 0) is 17.0 Å². The van der Waals surface area contributed by atoms with Crippen molar-refractivity contribution in [3.8, 4) is 56.6 Å². The van der Waals surface area contributed by atoms with E-state index < -0.39 is 60.4 Å². The van der Waals surface area contributed by atoms with Crippen molar-refractivity contribution in [1.82, 2.24) is 23.3 Å². The van der Waals surface area contributed by atoms with Crippen LogP contribution >= 0.6 is 0 Å². The molecule has 14 rings (SSSR count). The van der Waals surface area contributed by atoms with E-state index >= 15 is 0 Å². The van der Waals surface area contributed by atoms with Crippen molar-refractivity contribution in [2.75, 3.05) is 0 Å². The molecule has 13 aromatic rings. The Labute approximate surface area is 454 Å². The molecule has 1 aliphatic heterocycles. The second-order valence-corrected chi connectivity index (χ2v) is 21.4. The van der Waals surface area contributed by atoms with Gasteiger partial charge in [-0.2, -0.15) is 0 Å². The molecule has 74 heavy (non-hydrogen) atoms. The molecule has 4 aromatic heterocycles. The van der Waals surface area contributed by atoms with Crippen molar-refractivity contribution in [2.45, 2.75) is 45.4 Å². The van der Waals surface area contributed by atoms with E-state index in [-0.39, 0.29) is 38.8 Å². The number of hydrogen-bond donors (Lipinski definition) is 0. The molecule has 0 fully saturated rings. The van der Waals surface area contributed by atoms with Crippen molar-refractivity contribution in [1.29, 1.82) is 0 Å². The molecule has 9 aromatic carbocycles. The number of hydrogen-bond acceptors (Lipinski definition) is 2. The average molecular weight is 1150 g/mol. The van der Waals surface area contributed by atoms with E-state index in [2.05, 4.69) is 94.9 Å². The molecule has 360 valence electrons. The standard InChI is InChI=1S/C67H51N5O.Pt/c1-66(2,3)55-36-37-68-65-62(55)67(4,5)56-29-19-28-52-51-35-34-48(41-61(51)72(65)64(52)56)73-47-25-18-24-45(38-47)69-42-70(60-33-17-16-32-59(60)69)63-53(43-20-8-6-9-21-43)39-46(40-54(63)44-22-10-7-11-23-44)71-57-30-14-12-26-49(57)50-27-13-15-31-58(50)71;/h6-41H,1-5H3;/i6D,7D,8D,9D,10D,11D,20D,21D,22D,23D;. The Balaban J connectivity index is 1.01. The molecule has 0 amide bonds. The summed E-state index contributed by atoms with van der Waals surface area (Å²) in [6, 6.07) is 44.1. The molecule has 1 aliphatic rings. The van der Waals surface area contributed by atoms with E-state index in [1.54, 1.807) is 12.1 Å². The summed E-state index contributed by atoms with van der Waals surface area (Å²) in [7, 11) is 0. The summed E-state index contributed by atoms with van der Waals surface area (Å²) in [6.07, 6.45) is 1.91. The van der Waals surface area contributed by atoms with Crippen LogP contribution in [0.25, 0.3) is 99.8 Å². The number of aromatic nitrogens is 5. The Hall–Kier alpha value is -8.31. The van der Waals surface area contributed by atoms with E-state index in [1.807, 2.05) is 123 Å². The number of fused-ring (bicyclic) bond motifs is 9. The number of benzene rings is 9. The van der Waals surface area contributed by atoms with Crippen molar-refractivity contribution in [3.63, 3.8) is 0 Å². The normalized spacial score (nSPS) is 15.0. The monoisotopic (exact) mass is 1150 g/mol. The van der Waals surface area contributed by atoms with Gasteiger partial charge in [0.2, 0.25) is 0 Å². The quantitative estimate of drug-likeness (QED) is 0.160. The van der Waals surface area contributed by atoms with Crippen molar-refractivity contribution >= 4 is 54.6 Å². The zero-order chi connectivity index (χ0) is 58.7. The molecular weight excluding hydrogens is 1090 g/mol. The minimum atomic E-state index is -0.576. The van der Waals surface area contributed by atoms with Crippen molar-refractivity contribution < 1.29 is 37.8 Å². The number of nitrogens with zero attached hydrogens (tertiary/aromatic N) is 5. The van der Waals surface area contributed by atoms with Crippen LogP contribution in [0.3, 0.4) is 0 Å². The summed E-state index contributed by atoms with van der Waals surface area (Å²) in [6.45, 7) is 11.3. The third-order valence-electron chi connectivity index (χ3n) is 14.7. The molecule has 0 bridgehead atoms. The maximum absolute atomic E-state index is 9.58. The molecule has 0 spiro atoms. The molecule has 7 heteroatoms. The SMILES string of the molecule is [2H]c1c([2H])c([2H])c(-c2cc(-n3c4ccccc4c4ccccc43)cc(-c3c([2H])c([2H])c([2H])c([2H])c3[2H])c2-n2[c](=[Pt])n(-c3cccc(Oc4ccc5c6cccc7c6n(c5c4)-c4nccc(C(C)(C)C)c4C7(C)C)c3)c3ccccc32)c([2H])c1[2H]. The van der Waals surface area contributed by atoms with Crippen molar-refractivity contribution in [2.24, 2.45) is 0 Å². The van der Waals surface area contributed by atoms with Crippen LogP contribution in [0.4, 0.5) is 0 Å². The number of rotatable bonds is 7. The van der Waals surface area contributed by atoms with Gasteiger partial charge in [0.1, 0.15) is 0 Å². The second-order valence-electron chi connectivity index (χ2n) is 20.4. The minimum absolute atomic E-state index is 0.140. The summed E-state index contributed by atoms with van der Waals surface area (Å²) >= 11 is 2.21. The van der Waals surface area contributed by atoms with Gasteiger partial charge in [-0.25, -0.2) is 0 Å². The van der Waals surface area contributed by atoms with Crippen LogP contribution in [0.15, 0.2) is 218 Å². The Morgan fingerprint density at radius 2 is 1.08 bits per heavy atom. The van der Waals surface area contributed by atoms with Crippen LogP contribution in [0.2, 0.25) is 0 Å². The van der Waals surface area contributed by atoms with E-state index in [1.165, 1.54) is 16.7 Å². The molecule has 0 radical (unpaired) electrons. The van der Waals surface area contributed by atoms with E-state index in [9.17, 15) is 5.48 Å². The van der Waals surface area contributed by atoms with Gasteiger partial charge in [-0.1, -0.05) is 46.8 Å². The first-order valence-corrected chi connectivity index (χ1v) is 25.7. The van der Waals surface area contributed by atoms with Gasteiger partial charge in [0.15, 0.2) is 0 Å². The third kappa shape index (κ3) is 6.67. The predicted octanol–water partition coefficient (Wildman–Crippen LogP) is 17.2. The van der Waals surface area contributed by atoms with Crippen LogP contribution < -0.4 is 4.74 Å². The molecule has 0 N–H and O–H groups in total. The van der Waals surface area contributed by atoms with Gasteiger partial charge in [0.05, 0.1) is 0 Å². The van der Waals surface area contributed by atoms with Crippen LogP contribution in [0.5, 0.6) is 11.5 Å². The summed E-state index contributed by atoms with van der Waals surface area (Å²) < 4.78 is 107. The van der Waals surface area contributed by atoms with E-state index in [0.717, 1.165) is 49.4 Å². The third-order valence-corrected chi connectivity index (χ3v) is 15.7. The number of imidazole rings is 1. The molecular formula is C67H51N5OPt. The zero-order valence-corrected chi connectivity index (χ0v) is 43.2. The zero-order valence-electron chi connectivity index (χ0n) is 51.0. The van der Waals surface area contributed by atoms with Crippen LogP contribution in [0, 0.1) is 3.80 Å². The molecule has 0 atom stereocenters. The van der Waals surface area contributed by atoms with Gasteiger partial charge in [0.25, 0.3) is 0 Å². The summed E-state index contributed by atoms with van der Waals surface area (Å²) in [4.78, 5) is 5.10. The Kier molecular flexibility index (Phi) is 7.84. The number of pyridine rings is 1. The number of ether oxygens (including phenoxy) is 1. The van der Waals surface area contributed by atoms with Gasteiger partial charge in [-0.15, -0.1) is 0 Å². The predicted molar refractivity (Wildman–Crippen MR) is 301 cm³/mol. The topological polar surface area (TPSA) is 41.8 Å². The van der Waals surface area contributed by atoms with E-state index in [0.29, 0.717) is 37.7 Å². The summed E-state index contributed by atoms with van der Waals surface area (Å²) in [5.74, 6) is 2.04. The van der Waals surface area contributed by atoms with Crippen LogP contribution in [0.1, 0.15) is 65.0 Å². The molecule has 0 saturated heterocycles. The first-order valence-electron chi connectivity index (χ1n) is 29.5. The maximum atomic E-state index is 9.58. The van der Waals surface area contributed by atoms with Gasteiger partial charge in [0, 0.05) is 11.6 Å². The summed E-state index contributed by atoms with van der Waals surface area (Å²) in [5, 5.41) is 4.06. The summed E-state index contributed by atoms with van der Waals surface area (Å²) in [5.41, 5.74) is 9.56. The Morgan fingerprint density at radius 3 is 1.73 bits per heavy atom. The Bertz CT molecular complexity index is 4920. The average Bonchev–Trinajstić information content (AvgIpc) is 1.51. The Morgan fingerprint density at radius 1 is 0.514 bits per heavy atom. The van der Waals surface area contributed by atoms with E-state index in [4.69, 9.17) is 17.9 Å². The fourth-order valence-corrected chi connectivity index (χ4v) is 12.7. The van der Waals surface area contributed by atoms with Gasteiger partial charge < -0.3 is 0 Å². The fraction of sp³-hybridized carbons (Fsp3) is 0.104. The second kappa shape index (κ2) is 16.6. The molecule has 5 heterocycles. The first-order chi connectivity index (χ1) is 40.2. The molecule has 0 saturated carbocycles. The fourth-order valence-electron chi connectivity index (χ4n) is 11.6. The van der Waals surface area contributed by atoms with Crippen LogP contribution in [-0.4, -0.2) is 23.3 Å². The first kappa shape index (κ1) is 34.9. The number of para-hydroxylation sites is 5. The van der Waals surface area contributed by atoms with Gasteiger partial charge in [-0.3, -0.25) is 0 Å². The van der Waals surface area contributed by atoms with Gasteiger partial charge >= 0.3 is 381 Å². The van der Waals surface area contributed by atoms with Crippen LogP contribution in [-0.2, 0) is 30.2 Å². The molecule has 0 aliphatic carbocycles. The van der Waals surface area contributed by atoms with Crippen molar-refractivity contribution in [3.05, 3.63) is 239 Å².